The summed E-state index contributed by atoms with van der Waals surface area (Å²) in [7, 11) is 0.0843. The first kappa shape index (κ1) is 34.4. The average molecular weight is 588 g/mol. The molecule has 40 heavy (non-hydrogen) atoms. The number of ether oxygens (including phenoxy) is 2. The van der Waals surface area contributed by atoms with Gasteiger partial charge in [-0.15, -0.1) is 0 Å². The third-order valence-corrected chi connectivity index (χ3v) is 6.99. The van der Waals surface area contributed by atoms with Gasteiger partial charge in [0.2, 0.25) is 4.80 Å². The zero-order valence-electron chi connectivity index (χ0n) is 24.8. The second-order valence-electron chi connectivity index (χ2n) is 7.79. The first-order chi connectivity index (χ1) is 19.1. The lowest BCUT2D eigenvalue weighted by Crippen LogP contribution is -2.26. The van der Waals surface area contributed by atoms with Crippen molar-refractivity contribution in [3.8, 4) is 17.2 Å². The molecule has 0 N–H and O–H groups in total. The van der Waals surface area contributed by atoms with Gasteiger partial charge in [-0.2, -0.15) is 0 Å². The minimum Gasteiger partial charge on any atom is -0.493 e. The Hall–Kier alpha value is -3.63. The molecule has 0 spiro atoms. The normalized spacial score (nSPS) is 10.7. The number of sulfone groups is 1. The maximum Gasteiger partial charge on any atom is 0.344 e. The monoisotopic (exact) mass is 587 g/mol. The van der Waals surface area contributed by atoms with Crippen LogP contribution in [0, 0.1) is 6.92 Å². The number of aromatic nitrogens is 2. The number of para-hydroxylation sites is 1. The minimum atomic E-state index is -3.24. The van der Waals surface area contributed by atoms with Crippen LogP contribution in [0.15, 0.2) is 87.5 Å². The van der Waals surface area contributed by atoms with Crippen LogP contribution in [-0.2, 0) is 16.9 Å². The Bertz CT molecular complexity index is 1540. The molecule has 0 unspecified atom stereocenters. The molecule has 0 radical (unpaired) electrons. The van der Waals surface area contributed by atoms with Crippen LogP contribution in [0.4, 0.5) is 5.69 Å². The molecule has 10 heteroatoms. The van der Waals surface area contributed by atoms with Crippen molar-refractivity contribution in [3.05, 3.63) is 93.6 Å². The predicted octanol–water partition coefficient (Wildman–Crippen LogP) is 6.33. The summed E-state index contributed by atoms with van der Waals surface area (Å²) >= 11 is 1.22. The standard InChI is InChI=1S/C16H15N3O3S2.C10H14O2.2C2H6/c1-18-16(20)19(13-6-4-3-5-7-13)15(23-18)17-12-8-10-14(11-9-12)24(2,21)22;1-4-12-9-6-5-8(2)7-10(9)11-3;2*1-2/h3-11H,1-2H3;5-7H,4H2,1-3H3;2*1-2H3. The fraction of sp³-hybridized carbons (Fsp3) is 0.333. The lowest BCUT2D eigenvalue weighted by Gasteiger charge is -2.08. The topological polar surface area (TPSA) is 91.9 Å². The molecule has 218 valence electrons. The van der Waals surface area contributed by atoms with Gasteiger partial charge >= 0.3 is 5.69 Å². The number of hydrogen-bond donors (Lipinski definition) is 0. The van der Waals surface area contributed by atoms with Gasteiger partial charge in [0.05, 0.1) is 30.0 Å². The Balaban J connectivity index is 0.000000421. The highest BCUT2D eigenvalue weighted by Gasteiger charge is 2.09. The van der Waals surface area contributed by atoms with Crippen molar-refractivity contribution in [1.29, 1.82) is 0 Å². The van der Waals surface area contributed by atoms with Crippen LogP contribution in [-0.4, -0.2) is 36.9 Å². The summed E-state index contributed by atoms with van der Waals surface area (Å²) < 4.78 is 36.6. The molecule has 0 aliphatic rings. The van der Waals surface area contributed by atoms with Crippen molar-refractivity contribution in [2.45, 2.75) is 46.4 Å². The molecule has 8 nitrogen and oxygen atoms in total. The summed E-state index contributed by atoms with van der Waals surface area (Å²) in [4.78, 5) is 17.6. The zero-order chi connectivity index (χ0) is 30.3. The van der Waals surface area contributed by atoms with Crippen molar-refractivity contribution in [2.75, 3.05) is 20.0 Å². The van der Waals surface area contributed by atoms with Gasteiger partial charge in [-0.25, -0.2) is 26.7 Å². The van der Waals surface area contributed by atoms with E-state index in [-0.39, 0.29) is 10.6 Å². The molecule has 0 bridgehead atoms. The third-order valence-electron chi connectivity index (χ3n) is 4.99. The van der Waals surface area contributed by atoms with Crippen LogP contribution < -0.4 is 20.0 Å². The summed E-state index contributed by atoms with van der Waals surface area (Å²) in [6, 6.07) is 21.4. The van der Waals surface area contributed by atoms with Gasteiger partial charge in [0.25, 0.3) is 0 Å². The number of rotatable bonds is 6. The van der Waals surface area contributed by atoms with Crippen molar-refractivity contribution in [3.63, 3.8) is 0 Å². The highest BCUT2D eigenvalue weighted by Crippen LogP contribution is 2.27. The Morgan fingerprint density at radius 2 is 1.50 bits per heavy atom. The molecule has 0 saturated heterocycles. The van der Waals surface area contributed by atoms with Gasteiger partial charge in [-0.3, -0.25) is 0 Å². The fourth-order valence-electron chi connectivity index (χ4n) is 3.22. The second-order valence-corrected chi connectivity index (χ2v) is 10.9. The molecule has 1 aromatic heterocycles. The van der Waals surface area contributed by atoms with Gasteiger partial charge in [-0.1, -0.05) is 52.0 Å². The number of nitrogens with zero attached hydrogens (tertiary/aromatic N) is 3. The van der Waals surface area contributed by atoms with Crippen molar-refractivity contribution in [1.82, 2.24) is 8.52 Å². The molecule has 0 aliphatic heterocycles. The molecule has 4 rings (SSSR count). The number of benzene rings is 3. The summed E-state index contributed by atoms with van der Waals surface area (Å²) in [6.45, 7) is 12.6. The van der Waals surface area contributed by atoms with Crippen molar-refractivity contribution >= 4 is 27.1 Å². The van der Waals surface area contributed by atoms with E-state index in [4.69, 9.17) is 9.47 Å². The van der Waals surface area contributed by atoms with Crippen LogP contribution in [0.2, 0.25) is 0 Å². The maximum absolute atomic E-state index is 12.4. The SMILES string of the molecule is CC.CC.CCOc1ccc(C)cc1OC.Cn1sc(=Nc2ccc(S(C)(=O)=O)cc2)n(-c2ccccc2)c1=O. The largest absolute Gasteiger partial charge is 0.493 e. The minimum absolute atomic E-state index is 0.183. The lowest BCUT2D eigenvalue weighted by atomic mass is 10.2. The second kappa shape index (κ2) is 17.1. The Kier molecular flexibility index (Phi) is 14.7. The van der Waals surface area contributed by atoms with Crippen LogP contribution >= 0.6 is 11.5 Å². The van der Waals surface area contributed by atoms with E-state index in [0.717, 1.165) is 23.4 Å². The van der Waals surface area contributed by atoms with Crippen LogP contribution in [0.25, 0.3) is 5.69 Å². The molecule has 0 saturated carbocycles. The van der Waals surface area contributed by atoms with E-state index in [9.17, 15) is 13.2 Å². The first-order valence-corrected chi connectivity index (χ1v) is 15.8. The molecule has 0 fully saturated rings. The molecule has 0 aliphatic carbocycles. The van der Waals surface area contributed by atoms with E-state index in [0.29, 0.717) is 17.1 Å². The predicted molar refractivity (Wildman–Crippen MR) is 165 cm³/mol. The number of methoxy groups -OCH3 is 1. The number of hydrogen-bond acceptors (Lipinski definition) is 7. The van der Waals surface area contributed by atoms with E-state index in [1.54, 1.807) is 26.3 Å². The van der Waals surface area contributed by atoms with Gasteiger partial charge in [-0.05, 0) is 79.5 Å². The van der Waals surface area contributed by atoms with E-state index in [1.165, 1.54) is 37.8 Å². The smallest absolute Gasteiger partial charge is 0.344 e. The maximum atomic E-state index is 12.4. The number of aryl methyl sites for hydroxylation is 2. The summed E-state index contributed by atoms with van der Waals surface area (Å²) in [5, 5.41) is 0. The van der Waals surface area contributed by atoms with Gasteiger partial charge in [0.1, 0.15) is 0 Å². The van der Waals surface area contributed by atoms with Crippen molar-refractivity contribution in [2.24, 2.45) is 12.0 Å². The van der Waals surface area contributed by atoms with Gasteiger partial charge < -0.3 is 9.47 Å². The van der Waals surface area contributed by atoms with E-state index in [2.05, 4.69) is 4.99 Å². The average Bonchev–Trinajstić information content (AvgIpc) is 3.24. The molecule has 0 amide bonds. The van der Waals surface area contributed by atoms with E-state index >= 15 is 0 Å². The lowest BCUT2D eigenvalue weighted by molar-refractivity contribution is 0.311. The van der Waals surface area contributed by atoms with Gasteiger partial charge in [0, 0.05) is 13.3 Å². The highest BCUT2D eigenvalue weighted by atomic mass is 32.2. The molecular formula is C30H41N3O5S2. The first-order valence-electron chi connectivity index (χ1n) is 13.1. The van der Waals surface area contributed by atoms with Crippen LogP contribution in [0.3, 0.4) is 0 Å². The van der Waals surface area contributed by atoms with Crippen molar-refractivity contribution < 1.29 is 17.9 Å². The summed E-state index contributed by atoms with van der Waals surface area (Å²) in [5.41, 5.74) is 2.30. The zero-order valence-corrected chi connectivity index (χ0v) is 26.5. The van der Waals surface area contributed by atoms with E-state index in [1.807, 2.05) is 90.1 Å². The fourth-order valence-corrected chi connectivity index (χ4v) is 4.67. The van der Waals surface area contributed by atoms with Crippen LogP contribution in [0.1, 0.15) is 40.2 Å². The quantitative estimate of drug-likeness (QED) is 0.263. The molecule has 0 atom stereocenters. The summed E-state index contributed by atoms with van der Waals surface area (Å²) in [5.74, 6) is 1.61. The Labute approximate surface area is 242 Å². The van der Waals surface area contributed by atoms with Gasteiger partial charge in [0.15, 0.2) is 21.3 Å². The third kappa shape index (κ3) is 9.84. The molecular weight excluding hydrogens is 546 g/mol. The Morgan fingerprint density at radius 1 is 0.900 bits per heavy atom. The summed E-state index contributed by atoms with van der Waals surface area (Å²) in [6.07, 6.45) is 1.16. The van der Waals surface area contributed by atoms with Crippen LogP contribution in [0.5, 0.6) is 11.5 Å². The highest BCUT2D eigenvalue weighted by molar-refractivity contribution is 7.90. The molecule has 1 heterocycles. The van der Waals surface area contributed by atoms with E-state index < -0.39 is 9.84 Å². The Morgan fingerprint density at radius 3 is 2.02 bits per heavy atom. The molecule has 3 aromatic carbocycles. The molecule has 4 aromatic rings.